The van der Waals surface area contributed by atoms with E-state index in [0.29, 0.717) is 28.1 Å². The first-order valence-corrected chi connectivity index (χ1v) is 7.74. The molecule has 0 aliphatic carbocycles. The molecular formula is C17H15N5O3. The van der Waals surface area contributed by atoms with Crippen molar-refractivity contribution in [1.29, 1.82) is 0 Å². The molecule has 0 unspecified atom stereocenters. The maximum Gasteiger partial charge on any atom is 0.262 e. The Kier molecular flexibility index (Phi) is 3.38. The van der Waals surface area contributed by atoms with Gasteiger partial charge in [0.2, 0.25) is 5.91 Å². The van der Waals surface area contributed by atoms with Crippen LogP contribution in [0.25, 0.3) is 16.6 Å². The first kappa shape index (κ1) is 15.1. The Labute approximate surface area is 141 Å². The second kappa shape index (κ2) is 5.59. The lowest BCUT2D eigenvalue weighted by atomic mass is 10.2. The fraction of sp³-hybridized carbons (Fsp3) is 0.176. The first-order valence-electron chi connectivity index (χ1n) is 7.74. The van der Waals surface area contributed by atoms with Crippen LogP contribution in [0.2, 0.25) is 0 Å². The largest absolute Gasteiger partial charge is 0.360 e. The number of carbonyl (C=O) groups excluding carboxylic acids is 1. The standard InChI is InChI=1S/C17H15N5O3/c1-10-7-16-21(9-15(23)18-14-8-11(2)25-20-14)17(24)12-5-3-4-6-13(12)22(16)19-10/h3-8H,9H2,1-2H3,(H,18,20,23). The Morgan fingerprint density at radius 3 is 2.80 bits per heavy atom. The minimum Gasteiger partial charge on any atom is -0.360 e. The van der Waals surface area contributed by atoms with Gasteiger partial charge in [0.25, 0.3) is 5.56 Å². The van der Waals surface area contributed by atoms with E-state index >= 15 is 0 Å². The number of para-hydroxylation sites is 1. The number of nitrogens with one attached hydrogen (secondary N) is 1. The smallest absolute Gasteiger partial charge is 0.262 e. The van der Waals surface area contributed by atoms with Crippen molar-refractivity contribution in [3.8, 4) is 0 Å². The number of anilines is 1. The predicted octanol–water partition coefficient (Wildman–Crippen LogP) is 1.89. The van der Waals surface area contributed by atoms with E-state index < -0.39 is 0 Å². The van der Waals surface area contributed by atoms with Crippen LogP contribution in [-0.2, 0) is 11.3 Å². The van der Waals surface area contributed by atoms with E-state index in [1.165, 1.54) is 4.57 Å². The van der Waals surface area contributed by atoms with Gasteiger partial charge >= 0.3 is 0 Å². The van der Waals surface area contributed by atoms with Gasteiger partial charge in [-0.25, -0.2) is 4.52 Å². The number of amides is 1. The van der Waals surface area contributed by atoms with Crippen LogP contribution >= 0.6 is 0 Å². The molecule has 0 atom stereocenters. The molecule has 0 fully saturated rings. The zero-order chi connectivity index (χ0) is 17.6. The third-order valence-corrected chi connectivity index (χ3v) is 3.89. The summed E-state index contributed by atoms with van der Waals surface area (Å²) >= 11 is 0. The van der Waals surface area contributed by atoms with Gasteiger partial charge in [0, 0.05) is 12.1 Å². The molecule has 0 radical (unpaired) electrons. The van der Waals surface area contributed by atoms with Crippen molar-refractivity contribution in [2.75, 3.05) is 5.32 Å². The minimum absolute atomic E-state index is 0.149. The summed E-state index contributed by atoms with van der Waals surface area (Å²) in [5.41, 5.74) is 1.79. The number of hydrogen-bond acceptors (Lipinski definition) is 5. The Bertz CT molecular complexity index is 1170. The van der Waals surface area contributed by atoms with Crippen LogP contribution < -0.4 is 10.9 Å². The Balaban J connectivity index is 1.81. The molecule has 1 N–H and O–H groups in total. The molecule has 0 spiro atoms. The number of aromatic nitrogens is 4. The van der Waals surface area contributed by atoms with Gasteiger partial charge in [-0.1, -0.05) is 17.3 Å². The fourth-order valence-electron chi connectivity index (χ4n) is 2.85. The van der Waals surface area contributed by atoms with Crippen LogP contribution in [0.4, 0.5) is 5.82 Å². The van der Waals surface area contributed by atoms with Gasteiger partial charge in [-0.15, -0.1) is 0 Å². The molecule has 0 aliphatic heterocycles. The Hall–Kier alpha value is -3.42. The van der Waals surface area contributed by atoms with Gasteiger partial charge in [-0.2, -0.15) is 5.10 Å². The second-order valence-corrected chi connectivity index (χ2v) is 5.84. The number of carbonyl (C=O) groups is 1. The summed E-state index contributed by atoms with van der Waals surface area (Å²) in [6.07, 6.45) is 0. The summed E-state index contributed by atoms with van der Waals surface area (Å²) in [4.78, 5) is 25.2. The van der Waals surface area contributed by atoms with Gasteiger partial charge in [0.1, 0.15) is 18.0 Å². The highest BCUT2D eigenvalue weighted by Gasteiger charge is 2.15. The molecule has 1 aromatic carbocycles. The van der Waals surface area contributed by atoms with E-state index in [-0.39, 0.29) is 18.0 Å². The molecule has 3 heterocycles. The van der Waals surface area contributed by atoms with Crippen molar-refractivity contribution < 1.29 is 9.32 Å². The predicted molar refractivity (Wildman–Crippen MR) is 91.6 cm³/mol. The molecule has 0 aliphatic rings. The normalized spacial score (nSPS) is 11.3. The van der Waals surface area contributed by atoms with Gasteiger partial charge in [0.15, 0.2) is 5.82 Å². The fourth-order valence-corrected chi connectivity index (χ4v) is 2.85. The van der Waals surface area contributed by atoms with Crippen molar-refractivity contribution in [2.24, 2.45) is 0 Å². The minimum atomic E-state index is -0.369. The van der Waals surface area contributed by atoms with Crippen LogP contribution in [0.5, 0.6) is 0 Å². The maximum absolute atomic E-state index is 12.9. The lowest BCUT2D eigenvalue weighted by Crippen LogP contribution is -2.29. The summed E-state index contributed by atoms with van der Waals surface area (Å²) in [6.45, 7) is 3.42. The van der Waals surface area contributed by atoms with Crippen molar-refractivity contribution >= 4 is 28.3 Å². The van der Waals surface area contributed by atoms with E-state index in [9.17, 15) is 9.59 Å². The van der Waals surface area contributed by atoms with Crippen LogP contribution in [0.3, 0.4) is 0 Å². The average Bonchev–Trinajstić information content (AvgIpc) is 3.17. The van der Waals surface area contributed by atoms with E-state index in [1.807, 2.05) is 19.1 Å². The molecule has 0 saturated carbocycles. The van der Waals surface area contributed by atoms with Crippen molar-refractivity contribution in [3.05, 3.63) is 58.2 Å². The third kappa shape index (κ3) is 2.57. The summed E-state index contributed by atoms with van der Waals surface area (Å²) < 4.78 is 8.01. The van der Waals surface area contributed by atoms with Gasteiger partial charge in [-0.05, 0) is 26.0 Å². The number of aryl methyl sites for hydroxylation is 2. The van der Waals surface area contributed by atoms with Crippen LogP contribution in [0, 0.1) is 13.8 Å². The number of nitrogens with zero attached hydrogens (tertiary/aromatic N) is 4. The number of fused-ring (bicyclic) bond motifs is 3. The van der Waals surface area contributed by atoms with E-state index in [1.54, 1.807) is 35.7 Å². The third-order valence-electron chi connectivity index (χ3n) is 3.89. The molecule has 25 heavy (non-hydrogen) atoms. The first-order chi connectivity index (χ1) is 12.0. The lowest BCUT2D eigenvalue weighted by Gasteiger charge is -2.10. The monoisotopic (exact) mass is 337 g/mol. The van der Waals surface area contributed by atoms with E-state index in [4.69, 9.17) is 4.52 Å². The quantitative estimate of drug-likeness (QED) is 0.616. The molecule has 4 aromatic rings. The molecule has 8 heteroatoms. The van der Waals surface area contributed by atoms with Gasteiger partial charge < -0.3 is 9.84 Å². The Morgan fingerprint density at radius 1 is 1.24 bits per heavy atom. The summed E-state index contributed by atoms with van der Waals surface area (Å²) in [5, 5.41) is 11.3. The summed E-state index contributed by atoms with van der Waals surface area (Å²) in [7, 11) is 0. The highest BCUT2D eigenvalue weighted by Crippen LogP contribution is 2.14. The summed E-state index contributed by atoms with van der Waals surface area (Å²) in [6, 6.07) is 10.6. The molecule has 3 aromatic heterocycles. The molecular weight excluding hydrogens is 322 g/mol. The number of rotatable bonds is 3. The van der Waals surface area contributed by atoms with E-state index in [0.717, 1.165) is 5.69 Å². The van der Waals surface area contributed by atoms with Crippen LogP contribution in [0.15, 0.2) is 45.7 Å². The highest BCUT2D eigenvalue weighted by atomic mass is 16.5. The van der Waals surface area contributed by atoms with Crippen molar-refractivity contribution in [2.45, 2.75) is 20.4 Å². The zero-order valence-electron chi connectivity index (χ0n) is 13.7. The maximum atomic E-state index is 12.9. The van der Waals surface area contributed by atoms with Crippen LogP contribution in [0.1, 0.15) is 11.5 Å². The highest BCUT2D eigenvalue weighted by molar-refractivity contribution is 5.90. The number of hydrogen-bond donors (Lipinski definition) is 1. The van der Waals surface area contributed by atoms with Gasteiger partial charge in [-0.3, -0.25) is 14.2 Å². The molecule has 0 saturated heterocycles. The number of benzene rings is 1. The second-order valence-electron chi connectivity index (χ2n) is 5.84. The Morgan fingerprint density at radius 2 is 2.04 bits per heavy atom. The lowest BCUT2D eigenvalue weighted by molar-refractivity contribution is -0.116. The molecule has 8 nitrogen and oxygen atoms in total. The molecule has 0 bridgehead atoms. The average molecular weight is 337 g/mol. The molecule has 126 valence electrons. The van der Waals surface area contributed by atoms with E-state index in [2.05, 4.69) is 15.6 Å². The SMILES string of the molecule is Cc1cc2n(CC(=O)Nc3cc(C)on3)c(=O)c3ccccc3n2n1. The van der Waals surface area contributed by atoms with Gasteiger partial charge in [0.05, 0.1) is 16.6 Å². The van der Waals surface area contributed by atoms with Crippen molar-refractivity contribution in [3.63, 3.8) is 0 Å². The van der Waals surface area contributed by atoms with Crippen molar-refractivity contribution in [1.82, 2.24) is 19.3 Å². The van der Waals surface area contributed by atoms with Crippen LogP contribution in [-0.4, -0.2) is 25.2 Å². The molecule has 1 amide bonds. The molecule has 4 rings (SSSR count). The zero-order valence-corrected chi connectivity index (χ0v) is 13.7. The topological polar surface area (TPSA) is 94.4 Å². The summed E-state index contributed by atoms with van der Waals surface area (Å²) in [5.74, 6) is 0.537.